The van der Waals surface area contributed by atoms with Crippen molar-refractivity contribution >= 4 is 0 Å². The third-order valence-corrected chi connectivity index (χ3v) is 4.34. The first-order valence-corrected chi connectivity index (χ1v) is 7.78. The Morgan fingerprint density at radius 3 is 2.74 bits per heavy atom. The maximum Gasteiger partial charge on any atom is 0.0236 e. The van der Waals surface area contributed by atoms with Crippen LogP contribution in [0.15, 0.2) is 18.2 Å². The predicted molar refractivity (Wildman–Crippen MR) is 79.9 cm³/mol. The van der Waals surface area contributed by atoms with Crippen LogP contribution in [0.25, 0.3) is 0 Å². The summed E-state index contributed by atoms with van der Waals surface area (Å²) < 4.78 is 0. The predicted octanol–water partition coefficient (Wildman–Crippen LogP) is 3.30. The summed E-state index contributed by atoms with van der Waals surface area (Å²) in [5.74, 6) is 0.811. The third kappa shape index (κ3) is 3.37. The van der Waals surface area contributed by atoms with Crippen LogP contribution < -0.4 is 5.32 Å². The summed E-state index contributed by atoms with van der Waals surface area (Å²) in [5, 5.41) is 3.43. The van der Waals surface area contributed by atoms with Gasteiger partial charge >= 0.3 is 0 Å². The molecule has 0 saturated heterocycles. The molecule has 1 heterocycles. The maximum absolute atomic E-state index is 3.43. The lowest BCUT2D eigenvalue weighted by Crippen LogP contribution is -2.27. The Hall–Kier alpha value is -0.860. The smallest absolute Gasteiger partial charge is 0.0236 e. The molecule has 0 aromatic heterocycles. The molecule has 1 aliphatic carbocycles. The monoisotopic (exact) mass is 258 g/mol. The van der Waals surface area contributed by atoms with E-state index in [9.17, 15) is 0 Å². The van der Waals surface area contributed by atoms with Crippen molar-refractivity contribution in [3.05, 3.63) is 34.9 Å². The van der Waals surface area contributed by atoms with Crippen molar-refractivity contribution in [1.82, 2.24) is 10.2 Å². The van der Waals surface area contributed by atoms with E-state index in [1.54, 1.807) is 0 Å². The molecule has 19 heavy (non-hydrogen) atoms. The fraction of sp³-hybridized carbons (Fsp3) is 0.647. The van der Waals surface area contributed by atoms with Gasteiger partial charge in [0.1, 0.15) is 0 Å². The number of benzene rings is 1. The summed E-state index contributed by atoms with van der Waals surface area (Å²) in [4.78, 5) is 2.70. The fourth-order valence-electron chi connectivity index (χ4n) is 2.94. The van der Waals surface area contributed by atoms with Gasteiger partial charge in [-0.05, 0) is 48.4 Å². The van der Waals surface area contributed by atoms with E-state index >= 15 is 0 Å². The molecule has 0 spiro atoms. The first-order chi connectivity index (χ1) is 9.22. The minimum Gasteiger partial charge on any atom is -0.309 e. The molecule has 3 rings (SSSR count). The van der Waals surface area contributed by atoms with Crippen LogP contribution in [0.3, 0.4) is 0 Å². The summed E-state index contributed by atoms with van der Waals surface area (Å²) in [5.41, 5.74) is 4.50. The van der Waals surface area contributed by atoms with Crippen LogP contribution in [-0.2, 0) is 19.6 Å². The standard InChI is InChI=1S/C17H26N2/c1-13(2)7-8-19(17-5-6-17)12-14-3-4-15-10-18-11-16(15)9-14/h3-4,9,13,17-18H,5-8,10-12H2,1-2H3. The number of nitrogens with one attached hydrogen (secondary N) is 1. The molecule has 1 saturated carbocycles. The minimum absolute atomic E-state index is 0.811. The fourth-order valence-corrected chi connectivity index (χ4v) is 2.94. The SMILES string of the molecule is CC(C)CCN(Cc1ccc2c(c1)CNC2)C1CC1. The zero-order chi connectivity index (χ0) is 13.2. The molecule has 2 aliphatic rings. The lowest BCUT2D eigenvalue weighted by Gasteiger charge is -2.23. The molecule has 0 radical (unpaired) electrons. The summed E-state index contributed by atoms with van der Waals surface area (Å²) in [6.07, 6.45) is 4.14. The molecule has 2 nitrogen and oxygen atoms in total. The van der Waals surface area contributed by atoms with Gasteiger partial charge in [0.2, 0.25) is 0 Å². The Balaban J connectivity index is 1.64. The quantitative estimate of drug-likeness (QED) is 0.842. The second-order valence-corrected chi connectivity index (χ2v) is 6.59. The lowest BCUT2D eigenvalue weighted by atomic mass is 10.1. The largest absolute Gasteiger partial charge is 0.309 e. The van der Waals surface area contributed by atoms with Crippen molar-refractivity contribution in [3.8, 4) is 0 Å². The van der Waals surface area contributed by atoms with E-state index in [-0.39, 0.29) is 0 Å². The van der Waals surface area contributed by atoms with E-state index < -0.39 is 0 Å². The van der Waals surface area contributed by atoms with Crippen molar-refractivity contribution in [2.24, 2.45) is 5.92 Å². The van der Waals surface area contributed by atoms with Crippen LogP contribution in [0, 0.1) is 5.92 Å². The normalized spacial score (nSPS) is 18.3. The van der Waals surface area contributed by atoms with Gasteiger partial charge in [-0.25, -0.2) is 0 Å². The lowest BCUT2D eigenvalue weighted by molar-refractivity contribution is 0.239. The maximum atomic E-state index is 3.43. The Labute approximate surface area is 117 Å². The molecule has 1 aromatic carbocycles. The van der Waals surface area contributed by atoms with Crippen molar-refractivity contribution in [2.45, 2.75) is 58.8 Å². The molecule has 1 aromatic rings. The first kappa shape index (κ1) is 13.1. The number of fused-ring (bicyclic) bond motifs is 1. The van der Waals surface area contributed by atoms with Crippen LogP contribution in [-0.4, -0.2) is 17.5 Å². The molecule has 1 aliphatic heterocycles. The highest BCUT2D eigenvalue weighted by molar-refractivity contribution is 5.34. The van der Waals surface area contributed by atoms with E-state index in [1.165, 1.54) is 42.5 Å². The summed E-state index contributed by atoms with van der Waals surface area (Å²) >= 11 is 0. The number of nitrogens with zero attached hydrogens (tertiary/aromatic N) is 1. The van der Waals surface area contributed by atoms with Crippen LogP contribution in [0.2, 0.25) is 0 Å². The summed E-state index contributed by atoms with van der Waals surface area (Å²) in [6, 6.07) is 7.93. The van der Waals surface area contributed by atoms with Crippen molar-refractivity contribution in [1.29, 1.82) is 0 Å². The van der Waals surface area contributed by atoms with Crippen LogP contribution in [0.1, 0.15) is 49.8 Å². The van der Waals surface area contributed by atoms with Gasteiger partial charge < -0.3 is 5.32 Å². The Morgan fingerprint density at radius 1 is 1.21 bits per heavy atom. The topological polar surface area (TPSA) is 15.3 Å². The average molecular weight is 258 g/mol. The summed E-state index contributed by atoms with van der Waals surface area (Å²) in [7, 11) is 0. The molecule has 0 bridgehead atoms. The molecule has 0 unspecified atom stereocenters. The van der Waals surface area contributed by atoms with E-state index in [1.807, 2.05) is 0 Å². The van der Waals surface area contributed by atoms with E-state index in [4.69, 9.17) is 0 Å². The van der Waals surface area contributed by atoms with E-state index in [0.717, 1.165) is 31.6 Å². The zero-order valence-corrected chi connectivity index (χ0v) is 12.3. The Bertz CT molecular complexity index is 435. The summed E-state index contributed by atoms with van der Waals surface area (Å²) in [6.45, 7) is 9.16. The zero-order valence-electron chi connectivity index (χ0n) is 12.3. The molecular weight excluding hydrogens is 232 g/mol. The van der Waals surface area contributed by atoms with Gasteiger partial charge in [0.25, 0.3) is 0 Å². The Morgan fingerprint density at radius 2 is 2.00 bits per heavy atom. The number of rotatable bonds is 6. The van der Waals surface area contributed by atoms with Gasteiger partial charge in [-0.1, -0.05) is 32.0 Å². The van der Waals surface area contributed by atoms with Gasteiger partial charge in [0.15, 0.2) is 0 Å². The van der Waals surface area contributed by atoms with Crippen molar-refractivity contribution < 1.29 is 0 Å². The van der Waals surface area contributed by atoms with Crippen LogP contribution in [0.5, 0.6) is 0 Å². The van der Waals surface area contributed by atoms with Gasteiger partial charge in [-0.3, -0.25) is 4.90 Å². The molecule has 0 amide bonds. The highest BCUT2D eigenvalue weighted by Gasteiger charge is 2.28. The molecule has 1 fully saturated rings. The highest BCUT2D eigenvalue weighted by atomic mass is 15.2. The van der Waals surface area contributed by atoms with Crippen LogP contribution in [0.4, 0.5) is 0 Å². The van der Waals surface area contributed by atoms with Gasteiger partial charge in [0, 0.05) is 25.7 Å². The highest BCUT2D eigenvalue weighted by Crippen LogP contribution is 2.29. The minimum atomic E-state index is 0.811. The number of hydrogen-bond acceptors (Lipinski definition) is 2. The molecule has 0 atom stereocenters. The Kier molecular flexibility index (Phi) is 3.90. The first-order valence-electron chi connectivity index (χ1n) is 7.78. The van der Waals surface area contributed by atoms with Crippen LogP contribution >= 0.6 is 0 Å². The van der Waals surface area contributed by atoms with E-state index in [0.29, 0.717) is 0 Å². The average Bonchev–Trinajstić information content (AvgIpc) is 3.12. The second-order valence-electron chi connectivity index (χ2n) is 6.59. The second kappa shape index (κ2) is 5.64. The van der Waals surface area contributed by atoms with Gasteiger partial charge in [-0.2, -0.15) is 0 Å². The molecular formula is C17H26N2. The van der Waals surface area contributed by atoms with Crippen molar-refractivity contribution in [3.63, 3.8) is 0 Å². The number of hydrogen-bond donors (Lipinski definition) is 1. The molecule has 2 heteroatoms. The molecule has 1 N–H and O–H groups in total. The third-order valence-electron chi connectivity index (χ3n) is 4.34. The van der Waals surface area contributed by atoms with Crippen molar-refractivity contribution in [2.75, 3.05) is 6.54 Å². The molecule has 104 valence electrons. The van der Waals surface area contributed by atoms with Gasteiger partial charge in [0.05, 0.1) is 0 Å². The van der Waals surface area contributed by atoms with Gasteiger partial charge in [-0.15, -0.1) is 0 Å². The van der Waals surface area contributed by atoms with E-state index in [2.05, 4.69) is 42.3 Å².